The molecule has 200 valence electrons. The maximum atomic E-state index is 13.5. The number of likely N-dealkylation sites (tertiary alicyclic amines) is 1. The molecule has 1 fully saturated rings. The molecule has 4 rings (SSSR count). The van der Waals surface area contributed by atoms with Gasteiger partial charge in [0.2, 0.25) is 5.88 Å². The number of benzene rings is 1. The Morgan fingerprint density at radius 1 is 1.13 bits per heavy atom. The molecule has 1 aliphatic heterocycles. The number of halogens is 3. The molecule has 1 aliphatic rings. The SMILES string of the molecule is CN(C(=O)c1cc(C(F)(F)F)cc(S(C)(=O)=O)c1)c1cnccc1-c1cccnc1OC1CN(C(=O)O)C1. The number of anilines is 1. The minimum atomic E-state index is -4.88. The van der Waals surface area contributed by atoms with Crippen LogP contribution in [0.15, 0.2) is 59.9 Å². The van der Waals surface area contributed by atoms with E-state index >= 15 is 0 Å². The third kappa shape index (κ3) is 5.54. The smallest absolute Gasteiger partial charge is 0.416 e. The molecular weight excluding hydrogens is 529 g/mol. The van der Waals surface area contributed by atoms with Crippen LogP contribution in [0.4, 0.5) is 23.7 Å². The zero-order valence-corrected chi connectivity index (χ0v) is 20.8. The van der Waals surface area contributed by atoms with Crippen molar-refractivity contribution in [3.8, 4) is 17.0 Å². The summed E-state index contributed by atoms with van der Waals surface area (Å²) in [6.45, 7) is 0.288. The van der Waals surface area contributed by atoms with E-state index in [1.165, 1.54) is 25.6 Å². The Bertz CT molecular complexity index is 1510. The zero-order valence-electron chi connectivity index (χ0n) is 20.0. The first-order valence-electron chi connectivity index (χ1n) is 11.0. The lowest BCUT2D eigenvalue weighted by atomic mass is 10.0. The lowest BCUT2D eigenvalue weighted by Crippen LogP contribution is -2.55. The van der Waals surface area contributed by atoms with Gasteiger partial charge in [0.05, 0.1) is 35.4 Å². The number of aromatic nitrogens is 2. The average molecular weight is 551 g/mol. The minimum absolute atomic E-state index is 0.144. The molecule has 3 aromatic rings. The van der Waals surface area contributed by atoms with Crippen molar-refractivity contribution in [1.82, 2.24) is 14.9 Å². The fourth-order valence-corrected chi connectivity index (χ4v) is 4.48. The third-order valence-electron chi connectivity index (χ3n) is 5.83. The lowest BCUT2D eigenvalue weighted by Gasteiger charge is -2.36. The molecule has 1 aromatic carbocycles. The van der Waals surface area contributed by atoms with Crippen molar-refractivity contribution in [2.45, 2.75) is 17.2 Å². The minimum Gasteiger partial charge on any atom is -0.470 e. The standard InChI is InChI=1S/C24H21F3N4O6S/c1-30(22(32)14-8-15(24(25,26)27)10-17(9-14)38(2,35)36)20-11-28-7-5-18(20)19-4-3-6-29-21(19)37-16-12-31(13-16)23(33)34/h3-11,16H,12-13H2,1-2H3,(H,33,34). The number of alkyl halides is 3. The van der Waals surface area contributed by atoms with E-state index in [1.54, 1.807) is 18.2 Å². The Balaban J connectivity index is 1.70. The molecular formula is C24H21F3N4O6S. The molecule has 0 radical (unpaired) electrons. The van der Waals surface area contributed by atoms with Gasteiger partial charge < -0.3 is 19.6 Å². The first-order chi connectivity index (χ1) is 17.8. The molecule has 0 atom stereocenters. The van der Waals surface area contributed by atoms with E-state index in [9.17, 15) is 31.2 Å². The third-order valence-corrected chi connectivity index (χ3v) is 6.93. The zero-order chi connectivity index (χ0) is 27.8. The van der Waals surface area contributed by atoms with Crippen LogP contribution in [-0.4, -0.2) is 72.9 Å². The number of ether oxygens (including phenoxy) is 1. The van der Waals surface area contributed by atoms with Crippen molar-refractivity contribution in [2.24, 2.45) is 0 Å². The normalized spacial score (nSPS) is 14.1. The number of carbonyl (C=O) groups excluding carboxylic acids is 1. The van der Waals surface area contributed by atoms with Crippen LogP contribution >= 0.6 is 0 Å². The predicted octanol–water partition coefficient (Wildman–Crippen LogP) is 3.58. The Morgan fingerprint density at radius 3 is 2.47 bits per heavy atom. The van der Waals surface area contributed by atoms with Crippen LogP contribution in [0.2, 0.25) is 0 Å². The van der Waals surface area contributed by atoms with Gasteiger partial charge in [-0.2, -0.15) is 13.2 Å². The predicted molar refractivity (Wildman–Crippen MR) is 129 cm³/mol. The van der Waals surface area contributed by atoms with Crippen LogP contribution in [0.25, 0.3) is 11.1 Å². The quantitative estimate of drug-likeness (QED) is 0.493. The molecule has 0 spiro atoms. The molecule has 0 saturated carbocycles. The highest BCUT2D eigenvalue weighted by molar-refractivity contribution is 7.90. The van der Waals surface area contributed by atoms with E-state index in [4.69, 9.17) is 9.84 Å². The summed E-state index contributed by atoms with van der Waals surface area (Å²) in [5.41, 5.74) is -0.733. The summed E-state index contributed by atoms with van der Waals surface area (Å²) in [7, 11) is -2.74. The summed E-state index contributed by atoms with van der Waals surface area (Å²) in [4.78, 5) is 34.2. The molecule has 10 nitrogen and oxygen atoms in total. The topological polar surface area (TPSA) is 130 Å². The van der Waals surface area contributed by atoms with Crippen molar-refractivity contribution in [3.05, 3.63) is 66.1 Å². The summed E-state index contributed by atoms with van der Waals surface area (Å²) in [5.74, 6) is -0.744. The van der Waals surface area contributed by atoms with Crippen molar-refractivity contribution >= 4 is 27.5 Å². The van der Waals surface area contributed by atoms with Crippen molar-refractivity contribution in [2.75, 3.05) is 31.3 Å². The van der Waals surface area contributed by atoms with Crippen molar-refractivity contribution in [3.63, 3.8) is 0 Å². The van der Waals surface area contributed by atoms with Crippen LogP contribution in [-0.2, 0) is 16.0 Å². The van der Waals surface area contributed by atoms with Gasteiger partial charge in [-0.05, 0) is 36.4 Å². The fourth-order valence-electron chi connectivity index (χ4n) is 3.80. The molecule has 38 heavy (non-hydrogen) atoms. The highest BCUT2D eigenvalue weighted by Gasteiger charge is 2.34. The van der Waals surface area contributed by atoms with Crippen LogP contribution in [0.5, 0.6) is 5.88 Å². The van der Waals surface area contributed by atoms with E-state index in [2.05, 4.69) is 9.97 Å². The molecule has 0 bridgehead atoms. The van der Waals surface area contributed by atoms with E-state index in [-0.39, 0.29) is 24.7 Å². The monoisotopic (exact) mass is 550 g/mol. The molecule has 2 amide bonds. The second-order valence-electron chi connectivity index (χ2n) is 8.56. The van der Waals surface area contributed by atoms with Crippen LogP contribution in [0, 0.1) is 0 Å². The maximum Gasteiger partial charge on any atom is 0.416 e. The first kappa shape index (κ1) is 26.9. The summed E-state index contributed by atoms with van der Waals surface area (Å²) >= 11 is 0. The average Bonchev–Trinajstić information content (AvgIpc) is 2.83. The number of sulfone groups is 1. The van der Waals surface area contributed by atoms with Gasteiger partial charge in [-0.3, -0.25) is 9.78 Å². The van der Waals surface area contributed by atoms with Crippen LogP contribution in [0.1, 0.15) is 15.9 Å². The number of carbonyl (C=O) groups is 2. The van der Waals surface area contributed by atoms with Gasteiger partial charge in [-0.15, -0.1) is 0 Å². The lowest BCUT2D eigenvalue weighted by molar-refractivity contribution is -0.137. The number of nitrogens with zero attached hydrogens (tertiary/aromatic N) is 4. The highest BCUT2D eigenvalue weighted by Crippen LogP contribution is 2.37. The number of hydrogen-bond donors (Lipinski definition) is 1. The van der Waals surface area contributed by atoms with Gasteiger partial charge >= 0.3 is 12.3 Å². The molecule has 1 N–H and O–H groups in total. The maximum absolute atomic E-state index is 13.5. The summed E-state index contributed by atoms with van der Waals surface area (Å²) < 4.78 is 70.3. The molecule has 1 saturated heterocycles. The molecule has 3 heterocycles. The van der Waals surface area contributed by atoms with Crippen molar-refractivity contribution in [1.29, 1.82) is 0 Å². The molecule has 14 heteroatoms. The summed E-state index contributed by atoms with van der Waals surface area (Å²) in [6.07, 6.45) is -1.41. The number of hydrogen-bond acceptors (Lipinski definition) is 7. The Hall–Kier alpha value is -4.20. The van der Waals surface area contributed by atoms with E-state index in [1.807, 2.05) is 0 Å². The van der Waals surface area contributed by atoms with Gasteiger partial charge in [0.25, 0.3) is 5.91 Å². The number of rotatable bonds is 6. The Kier molecular flexibility index (Phi) is 7.02. The number of pyridine rings is 2. The van der Waals surface area contributed by atoms with Gasteiger partial charge in [0, 0.05) is 42.4 Å². The largest absolute Gasteiger partial charge is 0.470 e. The van der Waals surface area contributed by atoms with E-state index in [0.29, 0.717) is 23.3 Å². The second-order valence-corrected chi connectivity index (χ2v) is 10.6. The van der Waals surface area contributed by atoms with Crippen LogP contribution in [0.3, 0.4) is 0 Å². The fraction of sp³-hybridized carbons (Fsp3) is 0.250. The van der Waals surface area contributed by atoms with E-state index < -0.39 is 50.1 Å². The highest BCUT2D eigenvalue weighted by atomic mass is 32.2. The van der Waals surface area contributed by atoms with Crippen LogP contribution < -0.4 is 9.64 Å². The first-order valence-corrected chi connectivity index (χ1v) is 12.9. The van der Waals surface area contributed by atoms with Gasteiger partial charge in [-0.1, -0.05) is 0 Å². The molecule has 2 aromatic heterocycles. The summed E-state index contributed by atoms with van der Waals surface area (Å²) in [6, 6.07) is 6.78. The Labute approximate surface area is 215 Å². The molecule has 0 aliphatic carbocycles. The van der Waals surface area contributed by atoms with E-state index in [0.717, 1.165) is 22.1 Å². The molecule has 0 unspecified atom stereocenters. The van der Waals surface area contributed by atoms with Gasteiger partial charge in [0.1, 0.15) is 6.10 Å². The van der Waals surface area contributed by atoms with Crippen molar-refractivity contribution < 1.29 is 41.0 Å². The Morgan fingerprint density at radius 2 is 1.84 bits per heavy atom. The number of carboxylic acid groups (broad SMARTS) is 1. The summed E-state index contributed by atoms with van der Waals surface area (Å²) in [5, 5.41) is 9.03. The van der Waals surface area contributed by atoms with Gasteiger partial charge in [0.15, 0.2) is 9.84 Å². The second kappa shape index (κ2) is 9.93. The number of amides is 2. The van der Waals surface area contributed by atoms with Gasteiger partial charge in [-0.25, -0.2) is 18.2 Å².